The van der Waals surface area contributed by atoms with E-state index in [0.29, 0.717) is 16.9 Å². The lowest BCUT2D eigenvalue weighted by Gasteiger charge is -2.45. The van der Waals surface area contributed by atoms with Crippen molar-refractivity contribution >= 4 is 11.6 Å². The molecule has 2 N–H and O–H groups in total. The van der Waals surface area contributed by atoms with Crippen LogP contribution in [0.1, 0.15) is 53.9 Å². The van der Waals surface area contributed by atoms with E-state index in [0.717, 1.165) is 18.2 Å². The van der Waals surface area contributed by atoms with E-state index < -0.39 is 0 Å². The number of nitrogens with zero attached hydrogens (tertiary/aromatic N) is 2. The van der Waals surface area contributed by atoms with Crippen molar-refractivity contribution in [2.75, 3.05) is 17.2 Å². The molecule has 0 atom stereocenters. The van der Waals surface area contributed by atoms with Gasteiger partial charge in [0.05, 0.1) is 12.4 Å². The van der Waals surface area contributed by atoms with Crippen molar-refractivity contribution < 1.29 is 0 Å². The molecule has 0 bridgehead atoms. The molecule has 1 saturated carbocycles. The Balaban J connectivity index is 2.07. The lowest BCUT2D eigenvalue weighted by atomic mass is 9.63. The molecule has 1 heterocycles. The number of anilines is 2. The summed E-state index contributed by atoms with van der Waals surface area (Å²) in [7, 11) is 0. The molecular weight excluding hydrogens is 248 g/mol. The molecule has 0 amide bonds. The largest absolute Gasteiger partial charge is 0.369 e. The van der Waals surface area contributed by atoms with Crippen LogP contribution in [0.15, 0.2) is 12.4 Å². The van der Waals surface area contributed by atoms with Gasteiger partial charge in [-0.05, 0) is 37.0 Å². The summed E-state index contributed by atoms with van der Waals surface area (Å²) < 4.78 is 0. The molecule has 0 saturated heterocycles. The zero-order valence-electron chi connectivity index (χ0n) is 13.5. The van der Waals surface area contributed by atoms with Gasteiger partial charge in [0.2, 0.25) is 0 Å². The van der Waals surface area contributed by atoms with Gasteiger partial charge in [0, 0.05) is 12.6 Å². The molecule has 1 aliphatic rings. The Morgan fingerprint density at radius 1 is 1.10 bits per heavy atom. The van der Waals surface area contributed by atoms with Crippen molar-refractivity contribution in [2.45, 2.75) is 59.9 Å². The van der Waals surface area contributed by atoms with Gasteiger partial charge in [0.15, 0.2) is 0 Å². The average molecular weight is 276 g/mol. The highest BCUT2D eigenvalue weighted by atomic mass is 15.1. The van der Waals surface area contributed by atoms with Crippen LogP contribution < -0.4 is 10.6 Å². The number of nitrogens with one attached hydrogen (secondary N) is 2. The molecule has 0 unspecified atom stereocenters. The normalized spacial score (nSPS) is 21.4. The minimum absolute atomic E-state index is 0.381. The van der Waals surface area contributed by atoms with Gasteiger partial charge >= 0.3 is 0 Å². The summed E-state index contributed by atoms with van der Waals surface area (Å²) in [5, 5.41) is 6.78. The maximum absolute atomic E-state index is 4.57. The Morgan fingerprint density at radius 2 is 1.70 bits per heavy atom. The van der Waals surface area contributed by atoms with Gasteiger partial charge in [-0.1, -0.05) is 27.7 Å². The summed E-state index contributed by atoms with van der Waals surface area (Å²) in [5.41, 5.74) is 0.762. The second kappa shape index (κ2) is 5.58. The minimum atomic E-state index is 0.381. The Kier molecular flexibility index (Phi) is 4.21. The molecule has 0 aromatic carbocycles. The lowest BCUT2D eigenvalue weighted by Crippen LogP contribution is -2.40. The molecule has 0 spiro atoms. The van der Waals surface area contributed by atoms with E-state index in [9.17, 15) is 0 Å². The molecule has 1 aromatic rings. The second-order valence-electron chi connectivity index (χ2n) is 7.57. The van der Waals surface area contributed by atoms with E-state index in [-0.39, 0.29) is 0 Å². The van der Waals surface area contributed by atoms with Crippen molar-refractivity contribution in [1.82, 2.24) is 9.97 Å². The zero-order chi connectivity index (χ0) is 14.8. The third kappa shape index (κ3) is 4.09. The van der Waals surface area contributed by atoms with Crippen molar-refractivity contribution in [3.05, 3.63) is 12.4 Å². The molecule has 2 rings (SSSR count). The standard InChI is InChI=1S/C16H28N4/c1-6-18-13-9-17-10-14(20-13)19-12-7-15(2,3)11-16(4,5)8-12/h9-10,12H,6-8,11H2,1-5H3,(H2,18,19,20). The number of aromatic nitrogens is 2. The monoisotopic (exact) mass is 276 g/mol. The van der Waals surface area contributed by atoms with Crippen LogP contribution in [-0.4, -0.2) is 22.6 Å². The van der Waals surface area contributed by atoms with Crippen molar-refractivity contribution in [3.63, 3.8) is 0 Å². The molecule has 20 heavy (non-hydrogen) atoms. The predicted molar refractivity (Wildman–Crippen MR) is 85.0 cm³/mol. The fourth-order valence-corrected chi connectivity index (χ4v) is 3.86. The van der Waals surface area contributed by atoms with Crippen LogP contribution in [0.3, 0.4) is 0 Å². The molecule has 112 valence electrons. The lowest BCUT2D eigenvalue weighted by molar-refractivity contribution is 0.105. The van der Waals surface area contributed by atoms with Gasteiger partial charge in [0.25, 0.3) is 0 Å². The van der Waals surface area contributed by atoms with Crippen LogP contribution in [-0.2, 0) is 0 Å². The zero-order valence-corrected chi connectivity index (χ0v) is 13.5. The van der Waals surface area contributed by atoms with Crippen molar-refractivity contribution in [1.29, 1.82) is 0 Å². The fraction of sp³-hybridized carbons (Fsp3) is 0.750. The summed E-state index contributed by atoms with van der Waals surface area (Å²) in [4.78, 5) is 8.82. The highest BCUT2D eigenvalue weighted by Gasteiger charge is 2.38. The predicted octanol–water partition coefficient (Wildman–Crippen LogP) is 3.93. The Hall–Kier alpha value is -1.32. The van der Waals surface area contributed by atoms with Gasteiger partial charge < -0.3 is 10.6 Å². The Labute approximate surface area is 122 Å². The Morgan fingerprint density at radius 3 is 2.30 bits per heavy atom. The average Bonchev–Trinajstić information content (AvgIpc) is 2.25. The molecular formula is C16H28N4. The molecule has 1 fully saturated rings. The first-order valence-electron chi connectivity index (χ1n) is 7.62. The SMILES string of the molecule is CCNc1cncc(NC2CC(C)(C)CC(C)(C)C2)n1. The summed E-state index contributed by atoms with van der Waals surface area (Å²) in [6, 6.07) is 0.472. The van der Waals surface area contributed by atoms with Crippen LogP contribution in [0, 0.1) is 10.8 Å². The second-order valence-corrected chi connectivity index (χ2v) is 7.57. The van der Waals surface area contributed by atoms with E-state index in [4.69, 9.17) is 0 Å². The van der Waals surface area contributed by atoms with E-state index in [1.165, 1.54) is 19.3 Å². The number of hydrogen-bond donors (Lipinski definition) is 2. The van der Waals surface area contributed by atoms with Gasteiger partial charge in [0.1, 0.15) is 11.6 Å². The minimum Gasteiger partial charge on any atom is -0.369 e. The van der Waals surface area contributed by atoms with Crippen LogP contribution in [0.2, 0.25) is 0 Å². The topological polar surface area (TPSA) is 49.8 Å². The summed E-state index contributed by atoms with van der Waals surface area (Å²) in [6.45, 7) is 12.4. The molecule has 1 aliphatic carbocycles. The van der Waals surface area contributed by atoms with Crippen LogP contribution in [0.5, 0.6) is 0 Å². The first kappa shape index (κ1) is 15.1. The summed E-state index contributed by atoms with van der Waals surface area (Å²) in [5.74, 6) is 1.72. The third-order valence-corrected chi connectivity index (χ3v) is 3.90. The van der Waals surface area contributed by atoms with Gasteiger partial charge in [-0.15, -0.1) is 0 Å². The van der Waals surface area contributed by atoms with E-state index in [2.05, 4.69) is 55.2 Å². The van der Waals surface area contributed by atoms with Crippen molar-refractivity contribution in [3.8, 4) is 0 Å². The first-order valence-corrected chi connectivity index (χ1v) is 7.62. The van der Waals surface area contributed by atoms with Crippen LogP contribution in [0.4, 0.5) is 11.6 Å². The first-order chi connectivity index (χ1) is 9.30. The molecule has 1 aromatic heterocycles. The van der Waals surface area contributed by atoms with E-state index >= 15 is 0 Å². The van der Waals surface area contributed by atoms with Crippen LogP contribution in [0.25, 0.3) is 0 Å². The highest BCUT2D eigenvalue weighted by Crippen LogP contribution is 2.46. The highest BCUT2D eigenvalue weighted by molar-refractivity contribution is 5.42. The number of hydrogen-bond acceptors (Lipinski definition) is 4. The fourth-order valence-electron chi connectivity index (χ4n) is 3.86. The maximum Gasteiger partial charge on any atom is 0.147 e. The molecule has 4 nitrogen and oxygen atoms in total. The molecule has 0 radical (unpaired) electrons. The van der Waals surface area contributed by atoms with E-state index in [1.54, 1.807) is 6.20 Å². The van der Waals surface area contributed by atoms with Gasteiger partial charge in [-0.3, -0.25) is 4.98 Å². The van der Waals surface area contributed by atoms with Crippen LogP contribution >= 0.6 is 0 Å². The van der Waals surface area contributed by atoms with Crippen molar-refractivity contribution in [2.24, 2.45) is 10.8 Å². The summed E-state index contributed by atoms with van der Waals surface area (Å²) >= 11 is 0. The maximum atomic E-state index is 4.57. The van der Waals surface area contributed by atoms with Gasteiger partial charge in [-0.2, -0.15) is 0 Å². The summed E-state index contributed by atoms with van der Waals surface area (Å²) in [6.07, 6.45) is 7.23. The smallest absolute Gasteiger partial charge is 0.147 e. The number of rotatable bonds is 4. The van der Waals surface area contributed by atoms with Gasteiger partial charge in [-0.25, -0.2) is 4.98 Å². The third-order valence-electron chi connectivity index (χ3n) is 3.90. The molecule has 0 aliphatic heterocycles. The van der Waals surface area contributed by atoms with E-state index in [1.807, 2.05) is 6.20 Å². The Bertz CT molecular complexity index is 438. The molecule has 4 heteroatoms. The quantitative estimate of drug-likeness (QED) is 0.875.